The van der Waals surface area contributed by atoms with E-state index in [0.717, 1.165) is 64.2 Å². The zero-order valence-corrected chi connectivity index (χ0v) is 34.4. The van der Waals surface area contributed by atoms with Crippen LogP contribution in [-0.2, 0) is 28.6 Å². The summed E-state index contributed by atoms with van der Waals surface area (Å²) < 4.78 is 17.1. The Hall–Kier alpha value is -3.75. The summed E-state index contributed by atoms with van der Waals surface area (Å²) in [7, 11) is 5.47. The number of allylic oxidation sites excluding steroid dienone is 16. The molecule has 0 aromatic heterocycles. The normalized spacial score (nSPS) is 14.0. The van der Waals surface area contributed by atoms with Gasteiger partial charge in [-0.05, 0) is 70.6 Å². The first-order valence-electron chi connectivity index (χ1n) is 20.3. The molecule has 2 atom stereocenters. The first-order chi connectivity index (χ1) is 26.1. The number of carboxylic acid groups (broad SMARTS) is 1. The second kappa shape index (κ2) is 36.2. The average Bonchev–Trinajstić information content (AvgIpc) is 3.12. The summed E-state index contributed by atoms with van der Waals surface area (Å²) in [6, 6.07) is -0.634. The zero-order valence-electron chi connectivity index (χ0n) is 34.4. The number of unbranched alkanes of at least 4 members (excludes halogenated alkanes) is 5. The molecular formula is C46H74NO7+. The smallest absolute Gasteiger partial charge is 0.362 e. The van der Waals surface area contributed by atoms with Gasteiger partial charge in [0.2, 0.25) is 0 Å². The van der Waals surface area contributed by atoms with Gasteiger partial charge in [0, 0.05) is 19.3 Å². The summed E-state index contributed by atoms with van der Waals surface area (Å²) in [5, 5.41) is 9.59. The molecule has 54 heavy (non-hydrogen) atoms. The topological polar surface area (TPSA) is 99.1 Å². The van der Waals surface area contributed by atoms with Crippen LogP contribution in [0, 0.1) is 0 Å². The fourth-order valence-electron chi connectivity index (χ4n) is 5.09. The van der Waals surface area contributed by atoms with Crippen LogP contribution in [0.1, 0.15) is 123 Å². The molecule has 0 aliphatic heterocycles. The molecule has 0 aliphatic rings. The highest BCUT2D eigenvalue weighted by Crippen LogP contribution is 2.11. The summed E-state index contributed by atoms with van der Waals surface area (Å²) in [4.78, 5) is 36.8. The van der Waals surface area contributed by atoms with Crippen LogP contribution >= 0.6 is 0 Å². The molecule has 0 fully saturated rings. The number of hydrogen-bond donors (Lipinski definition) is 1. The monoisotopic (exact) mass is 753 g/mol. The van der Waals surface area contributed by atoms with Gasteiger partial charge in [0.1, 0.15) is 6.61 Å². The first kappa shape index (κ1) is 50.2. The minimum absolute atomic E-state index is 0.0201. The molecule has 0 aromatic carbocycles. The number of carbonyl (C=O) groups excluding carboxylic acids is 2. The number of nitrogens with zero attached hydrogens (tertiary/aromatic N) is 1. The molecule has 0 rings (SSSR count). The Labute approximate surface area is 328 Å². The average molecular weight is 753 g/mol. The van der Waals surface area contributed by atoms with Crippen molar-refractivity contribution in [3.63, 3.8) is 0 Å². The number of aliphatic carboxylic acids is 1. The predicted octanol–water partition coefficient (Wildman–Crippen LogP) is 10.7. The van der Waals surface area contributed by atoms with Crippen LogP contribution in [0.4, 0.5) is 0 Å². The van der Waals surface area contributed by atoms with Crippen LogP contribution in [0.3, 0.4) is 0 Å². The van der Waals surface area contributed by atoms with Crippen molar-refractivity contribution < 1.29 is 38.2 Å². The number of ether oxygens (including phenoxy) is 3. The van der Waals surface area contributed by atoms with Gasteiger partial charge in [0.05, 0.1) is 34.4 Å². The first-order valence-corrected chi connectivity index (χ1v) is 20.3. The Morgan fingerprint density at radius 2 is 1.13 bits per heavy atom. The Balaban J connectivity index is 4.55. The fourth-order valence-corrected chi connectivity index (χ4v) is 5.09. The van der Waals surface area contributed by atoms with Crippen molar-refractivity contribution in [3.05, 3.63) is 97.2 Å². The summed E-state index contributed by atoms with van der Waals surface area (Å²) in [6.07, 6.45) is 47.6. The number of hydrogen-bond acceptors (Lipinski definition) is 6. The van der Waals surface area contributed by atoms with E-state index in [1.165, 1.54) is 12.8 Å². The van der Waals surface area contributed by atoms with Gasteiger partial charge < -0.3 is 23.8 Å². The lowest BCUT2D eigenvalue weighted by Gasteiger charge is -2.31. The van der Waals surface area contributed by atoms with E-state index >= 15 is 0 Å². The molecule has 0 aromatic rings. The molecule has 0 radical (unpaired) electrons. The Bertz CT molecular complexity index is 1200. The molecule has 0 aliphatic carbocycles. The largest absolute Gasteiger partial charge is 0.477 e. The summed E-state index contributed by atoms with van der Waals surface area (Å²) in [5.41, 5.74) is 0. The predicted molar refractivity (Wildman–Crippen MR) is 224 cm³/mol. The summed E-state index contributed by atoms with van der Waals surface area (Å²) in [5.74, 6) is -1.63. The van der Waals surface area contributed by atoms with E-state index < -0.39 is 18.1 Å². The second-order valence-electron chi connectivity index (χ2n) is 14.2. The van der Waals surface area contributed by atoms with Crippen molar-refractivity contribution in [2.75, 3.05) is 41.0 Å². The van der Waals surface area contributed by atoms with E-state index in [1.807, 2.05) is 33.3 Å². The third-order valence-electron chi connectivity index (χ3n) is 8.26. The minimum atomic E-state index is -0.895. The Morgan fingerprint density at radius 3 is 1.65 bits per heavy atom. The van der Waals surface area contributed by atoms with Crippen LogP contribution < -0.4 is 0 Å². The number of esters is 2. The molecule has 0 bridgehead atoms. The van der Waals surface area contributed by atoms with Gasteiger partial charge in [-0.15, -0.1) is 0 Å². The fraction of sp³-hybridized carbons (Fsp3) is 0.587. The summed E-state index contributed by atoms with van der Waals surface area (Å²) in [6.45, 7) is 4.42. The zero-order chi connectivity index (χ0) is 40.0. The molecule has 0 amide bonds. The highest BCUT2D eigenvalue weighted by molar-refractivity contribution is 5.72. The van der Waals surface area contributed by atoms with Gasteiger partial charge in [-0.3, -0.25) is 9.59 Å². The number of quaternary nitrogens is 1. The Kier molecular flexibility index (Phi) is 33.7. The van der Waals surface area contributed by atoms with Gasteiger partial charge in [0.15, 0.2) is 12.1 Å². The molecule has 8 nitrogen and oxygen atoms in total. The second-order valence-corrected chi connectivity index (χ2v) is 14.2. The maximum Gasteiger partial charge on any atom is 0.362 e. The SMILES string of the molecule is CC/C=C/C/C=C/C/C=C/C/C=C/C/C=C/C/C=C/CCC(=O)OCC(COCCC(C(=O)O)[N+](C)(C)C)OC(=O)CCCCC/C=C/C=C/CCCC. The van der Waals surface area contributed by atoms with Crippen molar-refractivity contribution in [3.8, 4) is 0 Å². The summed E-state index contributed by atoms with van der Waals surface area (Å²) >= 11 is 0. The third kappa shape index (κ3) is 34.0. The molecule has 0 spiro atoms. The lowest BCUT2D eigenvalue weighted by atomic mass is 10.1. The van der Waals surface area contributed by atoms with Crippen LogP contribution in [0.5, 0.6) is 0 Å². The van der Waals surface area contributed by atoms with Crippen molar-refractivity contribution in [2.24, 2.45) is 0 Å². The van der Waals surface area contributed by atoms with Gasteiger partial charge in [-0.25, -0.2) is 4.79 Å². The number of carbonyl (C=O) groups is 3. The molecule has 304 valence electrons. The highest BCUT2D eigenvalue weighted by Gasteiger charge is 2.31. The van der Waals surface area contributed by atoms with Crippen LogP contribution in [0.2, 0.25) is 0 Å². The number of likely N-dealkylation sites (N-methyl/N-ethyl adjacent to an activating group) is 1. The number of rotatable bonds is 34. The van der Waals surface area contributed by atoms with Gasteiger partial charge in [-0.1, -0.05) is 130 Å². The third-order valence-corrected chi connectivity index (χ3v) is 8.26. The van der Waals surface area contributed by atoms with E-state index in [2.05, 4.69) is 98.9 Å². The van der Waals surface area contributed by atoms with Crippen molar-refractivity contribution in [1.29, 1.82) is 0 Å². The molecule has 2 unspecified atom stereocenters. The number of carboxylic acids is 1. The van der Waals surface area contributed by atoms with Crippen molar-refractivity contribution >= 4 is 17.9 Å². The molecule has 1 N–H and O–H groups in total. The lowest BCUT2D eigenvalue weighted by Crippen LogP contribution is -2.50. The van der Waals surface area contributed by atoms with Crippen LogP contribution in [-0.4, -0.2) is 80.6 Å². The van der Waals surface area contributed by atoms with E-state index in [-0.39, 0.29) is 49.1 Å². The minimum Gasteiger partial charge on any atom is -0.477 e. The maximum atomic E-state index is 12.6. The molecule has 0 saturated carbocycles. The molecule has 8 heteroatoms. The van der Waals surface area contributed by atoms with E-state index in [9.17, 15) is 19.5 Å². The van der Waals surface area contributed by atoms with Crippen molar-refractivity contribution in [1.82, 2.24) is 0 Å². The van der Waals surface area contributed by atoms with Crippen LogP contribution in [0.25, 0.3) is 0 Å². The van der Waals surface area contributed by atoms with Gasteiger partial charge >= 0.3 is 17.9 Å². The Morgan fingerprint density at radius 1 is 0.593 bits per heavy atom. The van der Waals surface area contributed by atoms with E-state index in [1.54, 1.807) is 0 Å². The van der Waals surface area contributed by atoms with Gasteiger partial charge in [0.25, 0.3) is 0 Å². The van der Waals surface area contributed by atoms with Crippen molar-refractivity contribution in [2.45, 2.75) is 135 Å². The molecule has 0 saturated heterocycles. The highest BCUT2D eigenvalue weighted by atomic mass is 16.6. The molecular weight excluding hydrogens is 679 g/mol. The van der Waals surface area contributed by atoms with E-state index in [0.29, 0.717) is 19.3 Å². The quantitative estimate of drug-likeness (QED) is 0.0230. The van der Waals surface area contributed by atoms with Gasteiger partial charge in [-0.2, -0.15) is 0 Å². The van der Waals surface area contributed by atoms with Crippen LogP contribution in [0.15, 0.2) is 97.2 Å². The van der Waals surface area contributed by atoms with E-state index in [4.69, 9.17) is 14.2 Å². The standard InChI is InChI=1S/C46H73NO7/c1-6-8-10-12-14-16-18-19-20-21-22-23-24-25-27-28-30-32-34-36-44(48)53-41-42(40-52-39-38-43(46(50)51)47(3,4)5)54-45(49)37-35-33-31-29-26-17-15-13-11-9-7-2/h8,10,13-17,19-20,22-23,25-27,30,32,42-43H,6-7,9,11-12,18,21,24,28-29,31,33-41H2,1-5H3/p+1/b10-8+,15-13+,16-14+,20-19+,23-22+,26-17+,27-25+,32-30+. The lowest BCUT2D eigenvalue weighted by molar-refractivity contribution is -0.887. The maximum absolute atomic E-state index is 12.6. The molecule has 0 heterocycles.